The average molecular weight is 518 g/mol. The fourth-order valence-corrected chi connectivity index (χ4v) is 5.84. The van der Waals surface area contributed by atoms with E-state index in [4.69, 9.17) is 0 Å². The molecule has 0 N–H and O–H groups in total. The molecular weight excluding hydrogens is 480 g/mol. The van der Waals surface area contributed by atoms with Crippen molar-refractivity contribution in [3.8, 4) is 0 Å². The highest BCUT2D eigenvalue weighted by molar-refractivity contribution is 5.76. The van der Waals surface area contributed by atoms with Gasteiger partial charge in [-0.1, -0.05) is 48.5 Å². The van der Waals surface area contributed by atoms with Crippen LogP contribution in [-0.2, 0) is 19.4 Å². The summed E-state index contributed by atoms with van der Waals surface area (Å²) >= 11 is 0. The Morgan fingerprint density at radius 1 is 0.658 bits per heavy atom. The third-order valence-corrected chi connectivity index (χ3v) is 7.96. The minimum Gasteiger partial charge on any atom is -0.303 e. The summed E-state index contributed by atoms with van der Waals surface area (Å²) in [4.78, 5) is 16.1. The zero-order valence-corrected chi connectivity index (χ0v) is 22.0. The molecule has 1 fully saturated rings. The van der Waals surface area contributed by atoms with Crippen LogP contribution in [0, 0.1) is 11.6 Å². The summed E-state index contributed by atoms with van der Waals surface area (Å²) in [6, 6.07) is 22.2. The van der Waals surface area contributed by atoms with Crippen molar-refractivity contribution >= 4 is 11.0 Å². The molecule has 3 aromatic carbocycles. The summed E-state index contributed by atoms with van der Waals surface area (Å²) in [6.45, 7) is 3.60. The van der Waals surface area contributed by atoms with Gasteiger partial charge in [-0.3, -0.25) is 9.13 Å². The summed E-state index contributed by atoms with van der Waals surface area (Å²) in [5.74, 6) is -0.263. The maximum absolute atomic E-state index is 13.9. The van der Waals surface area contributed by atoms with Crippen molar-refractivity contribution in [1.29, 1.82) is 0 Å². The normalized spacial score (nSPS) is 14.9. The van der Waals surface area contributed by atoms with Crippen LogP contribution in [0.25, 0.3) is 11.0 Å². The first-order valence-corrected chi connectivity index (χ1v) is 14.0. The molecule has 0 amide bonds. The fourth-order valence-electron chi connectivity index (χ4n) is 5.84. The number of hydrogen-bond acceptors (Lipinski definition) is 2. The highest BCUT2D eigenvalue weighted by Gasteiger charge is 2.25. The molecule has 0 saturated carbocycles. The number of halogens is 2. The predicted octanol–water partition coefficient (Wildman–Crippen LogP) is 6.76. The molecule has 1 aliphatic heterocycles. The molecule has 0 aliphatic carbocycles. The van der Waals surface area contributed by atoms with E-state index in [1.54, 1.807) is 12.1 Å². The first-order chi connectivity index (χ1) is 18.6. The van der Waals surface area contributed by atoms with E-state index in [0.29, 0.717) is 13.0 Å². The van der Waals surface area contributed by atoms with E-state index >= 15 is 0 Å². The third-order valence-electron chi connectivity index (χ3n) is 7.96. The largest absolute Gasteiger partial charge is 0.329 e. The SMILES string of the molecule is O=c1n(CCCCc2ccccc2F)c2ccccc2n1C1CCN(CCCCc2ccccc2F)CC1. The molecule has 1 aliphatic rings. The quantitative estimate of drug-likeness (QED) is 0.206. The lowest BCUT2D eigenvalue weighted by molar-refractivity contribution is 0.183. The number of aromatic nitrogens is 2. The zero-order valence-electron chi connectivity index (χ0n) is 22.0. The van der Waals surface area contributed by atoms with E-state index in [2.05, 4.69) is 11.0 Å². The maximum atomic E-state index is 13.9. The number of piperidine rings is 1. The van der Waals surface area contributed by atoms with Gasteiger partial charge in [-0.05, 0) is 93.3 Å². The molecule has 0 spiro atoms. The standard InChI is InChI=1S/C32H37F2N3O/c33-28-15-3-1-11-25(28)13-7-9-21-35-23-19-27(20-24-35)37-31-18-6-5-17-30(31)36(32(37)38)22-10-8-14-26-12-2-4-16-29(26)34/h1-6,11-12,15-18,27H,7-10,13-14,19-24H2. The van der Waals surface area contributed by atoms with E-state index in [9.17, 15) is 13.6 Å². The van der Waals surface area contributed by atoms with Gasteiger partial charge in [-0.2, -0.15) is 0 Å². The highest BCUT2D eigenvalue weighted by atomic mass is 19.1. The second kappa shape index (κ2) is 12.5. The van der Waals surface area contributed by atoms with Gasteiger partial charge in [-0.25, -0.2) is 13.6 Å². The van der Waals surface area contributed by atoms with Crippen molar-refractivity contribution in [2.75, 3.05) is 19.6 Å². The number of imidazole rings is 1. The number of unbranched alkanes of at least 4 members (excludes halogenated alkanes) is 2. The Labute approximate surface area is 223 Å². The van der Waals surface area contributed by atoms with E-state index < -0.39 is 0 Å². The number of para-hydroxylation sites is 2. The topological polar surface area (TPSA) is 30.2 Å². The Morgan fingerprint density at radius 3 is 1.79 bits per heavy atom. The van der Waals surface area contributed by atoms with Gasteiger partial charge in [0.1, 0.15) is 11.6 Å². The number of aryl methyl sites for hydroxylation is 3. The summed E-state index contributed by atoms with van der Waals surface area (Å²) in [6.07, 6.45) is 7.05. The number of benzene rings is 3. The minimum atomic E-state index is -0.155. The molecule has 1 saturated heterocycles. The van der Waals surface area contributed by atoms with Crippen LogP contribution in [0.1, 0.15) is 55.7 Å². The monoisotopic (exact) mass is 517 g/mol. The van der Waals surface area contributed by atoms with Crippen molar-refractivity contribution < 1.29 is 8.78 Å². The molecule has 2 heterocycles. The van der Waals surface area contributed by atoms with Gasteiger partial charge in [-0.15, -0.1) is 0 Å². The molecule has 4 nitrogen and oxygen atoms in total. The molecule has 6 heteroatoms. The third kappa shape index (κ3) is 6.07. The first-order valence-electron chi connectivity index (χ1n) is 14.0. The second-order valence-corrected chi connectivity index (χ2v) is 10.5. The molecule has 200 valence electrons. The van der Waals surface area contributed by atoms with Crippen LogP contribution in [0.3, 0.4) is 0 Å². The zero-order chi connectivity index (χ0) is 26.3. The Bertz CT molecular complexity index is 1400. The van der Waals surface area contributed by atoms with Crippen LogP contribution in [0.4, 0.5) is 8.78 Å². The van der Waals surface area contributed by atoms with Gasteiger partial charge < -0.3 is 4.90 Å². The summed E-state index contributed by atoms with van der Waals surface area (Å²) < 4.78 is 31.7. The van der Waals surface area contributed by atoms with Crippen LogP contribution in [0.5, 0.6) is 0 Å². The van der Waals surface area contributed by atoms with Crippen LogP contribution in [0.2, 0.25) is 0 Å². The lowest BCUT2D eigenvalue weighted by atomic mass is 10.0. The number of fused-ring (bicyclic) bond motifs is 1. The lowest BCUT2D eigenvalue weighted by Gasteiger charge is -2.32. The van der Waals surface area contributed by atoms with Crippen LogP contribution < -0.4 is 5.69 Å². The Balaban J connectivity index is 1.16. The fraction of sp³-hybridized carbons (Fsp3) is 0.406. The smallest absolute Gasteiger partial charge is 0.303 e. The van der Waals surface area contributed by atoms with Crippen LogP contribution in [0.15, 0.2) is 77.6 Å². The molecule has 4 aromatic rings. The lowest BCUT2D eigenvalue weighted by Crippen LogP contribution is -2.38. The van der Waals surface area contributed by atoms with E-state index in [0.717, 1.165) is 86.7 Å². The van der Waals surface area contributed by atoms with Crippen molar-refractivity contribution in [3.05, 3.63) is 106 Å². The Kier molecular flexibility index (Phi) is 8.69. The van der Waals surface area contributed by atoms with Crippen LogP contribution >= 0.6 is 0 Å². The molecule has 38 heavy (non-hydrogen) atoms. The Morgan fingerprint density at radius 2 is 1.18 bits per heavy atom. The van der Waals surface area contributed by atoms with E-state index in [1.165, 1.54) is 12.1 Å². The average Bonchev–Trinajstić information content (AvgIpc) is 3.22. The molecule has 0 atom stereocenters. The summed E-state index contributed by atoms with van der Waals surface area (Å²) in [5.41, 5.74) is 3.60. The van der Waals surface area contributed by atoms with Gasteiger partial charge in [0.05, 0.1) is 11.0 Å². The van der Waals surface area contributed by atoms with E-state index in [-0.39, 0.29) is 23.4 Å². The van der Waals surface area contributed by atoms with Crippen LogP contribution in [-0.4, -0.2) is 33.7 Å². The second-order valence-electron chi connectivity index (χ2n) is 10.5. The van der Waals surface area contributed by atoms with Crippen molar-refractivity contribution in [3.63, 3.8) is 0 Å². The van der Waals surface area contributed by atoms with Gasteiger partial charge in [0.2, 0.25) is 0 Å². The molecule has 0 unspecified atom stereocenters. The van der Waals surface area contributed by atoms with Gasteiger partial charge >= 0.3 is 5.69 Å². The van der Waals surface area contributed by atoms with Gasteiger partial charge in [0.25, 0.3) is 0 Å². The summed E-state index contributed by atoms with van der Waals surface area (Å²) in [7, 11) is 0. The predicted molar refractivity (Wildman–Crippen MR) is 150 cm³/mol. The number of hydrogen-bond donors (Lipinski definition) is 0. The highest BCUT2D eigenvalue weighted by Crippen LogP contribution is 2.26. The molecular formula is C32H37F2N3O. The molecule has 5 rings (SSSR count). The van der Waals surface area contributed by atoms with Crippen molar-refractivity contribution in [1.82, 2.24) is 14.0 Å². The molecule has 1 aromatic heterocycles. The first kappa shape index (κ1) is 26.4. The number of nitrogens with zero attached hydrogens (tertiary/aromatic N) is 3. The maximum Gasteiger partial charge on any atom is 0.329 e. The van der Waals surface area contributed by atoms with Gasteiger partial charge in [0.15, 0.2) is 0 Å². The summed E-state index contributed by atoms with van der Waals surface area (Å²) in [5, 5.41) is 0. The Hall–Kier alpha value is -3.25. The molecule has 0 radical (unpaired) electrons. The van der Waals surface area contributed by atoms with Crippen molar-refractivity contribution in [2.24, 2.45) is 0 Å². The minimum absolute atomic E-state index is 0.0698. The van der Waals surface area contributed by atoms with Gasteiger partial charge in [0, 0.05) is 25.7 Å². The number of likely N-dealkylation sites (tertiary alicyclic amines) is 1. The number of rotatable bonds is 11. The van der Waals surface area contributed by atoms with Crippen molar-refractivity contribution in [2.45, 2.75) is 64.0 Å². The molecule has 0 bridgehead atoms. The van der Waals surface area contributed by atoms with E-state index in [1.807, 2.05) is 51.6 Å².